The summed E-state index contributed by atoms with van der Waals surface area (Å²) in [5.74, 6) is -0.258. The first-order valence-corrected chi connectivity index (χ1v) is 10.1. The maximum absolute atomic E-state index is 12.7. The maximum Gasteiger partial charge on any atom is 0.243 e. The van der Waals surface area contributed by atoms with Crippen LogP contribution in [0.15, 0.2) is 54.6 Å². The molecule has 0 N–H and O–H groups in total. The van der Waals surface area contributed by atoms with E-state index in [4.69, 9.17) is 11.6 Å². The smallest absolute Gasteiger partial charge is 0.243 e. The zero-order chi connectivity index (χ0) is 18.4. The number of rotatable bonds is 7. The van der Waals surface area contributed by atoms with Gasteiger partial charge in [0.1, 0.15) is 6.54 Å². The minimum atomic E-state index is -3.60. The quantitative estimate of drug-likeness (QED) is 0.741. The summed E-state index contributed by atoms with van der Waals surface area (Å²) in [6, 6.07) is 16.0. The highest BCUT2D eigenvalue weighted by Crippen LogP contribution is 2.20. The summed E-state index contributed by atoms with van der Waals surface area (Å²) in [6.07, 6.45) is 1.09. The molecule has 2 aromatic carbocycles. The molecule has 0 spiro atoms. The fourth-order valence-electron chi connectivity index (χ4n) is 2.41. The van der Waals surface area contributed by atoms with Crippen LogP contribution in [-0.4, -0.2) is 38.6 Å². The van der Waals surface area contributed by atoms with Gasteiger partial charge >= 0.3 is 0 Å². The second-order valence-electron chi connectivity index (χ2n) is 5.64. The summed E-state index contributed by atoms with van der Waals surface area (Å²) >= 11 is 5.86. The molecule has 0 saturated heterocycles. The van der Waals surface area contributed by atoms with Gasteiger partial charge in [-0.1, -0.05) is 41.9 Å². The Morgan fingerprint density at radius 1 is 1.04 bits per heavy atom. The Bertz CT molecular complexity index is 808. The first kappa shape index (κ1) is 19.3. The maximum atomic E-state index is 12.7. The van der Waals surface area contributed by atoms with E-state index in [0.717, 1.165) is 16.1 Å². The van der Waals surface area contributed by atoms with E-state index < -0.39 is 10.0 Å². The van der Waals surface area contributed by atoms with Crippen molar-refractivity contribution in [2.45, 2.75) is 13.5 Å². The predicted octanol–water partition coefficient (Wildman–Crippen LogP) is 3.15. The molecule has 25 heavy (non-hydrogen) atoms. The van der Waals surface area contributed by atoms with Crippen molar-refractivity contribution in [2.24, 2.45) is 0 Å². The third kappa shape index (κ3) is 5.47. The summed E-state index contributed by atoms with van der Waals surface area (Å²) in [4.78, 5) is 14.3. The standard InChI is InChI=1S/C18H21ClN2O3S/c1-3-20(13-15-7-5-4-6-8-15)18(22)14-21(25(2,23)24)17-11-9-16(19)10-12-17/h4-12H,3,13-14H2,1-2H3. The van der Waals surface area contributed by atoms with Crippen LogP contribution in [0.1, 0.15) is 12.5 Å². The number of hydrogen-bond acceptors (Lipinski definition) is 3. The third-order valence-electron chi connectivity index (χ3n) is 3.74. The molecule has 7 heteroatoms. The molecule has 2 rings (SSSR count). The van der Waals surface area contributed by atoms with Crippen LogP contribution >= 0.6 is 11.6 Å². The van der Waals surface area contributed by atoms with Gasteiger partial charge in [-0.2, -0.15) is 0 Å². The van der Waals surface area contributed by atoms with Crippen LogP contribution in [0, 0.1) is 0 Å². The molecule has 0 atom stereocenters. The lowest BCUT2D eigenvalue weighted by atomic mass is 10.2. The van der Waals surface area contributed by atoms with Crippen molar-refractivity contribution in [3.05, 3.63) is 65.2 Å². The van der Waals surface area contributed by atoms with E-state index in [1.165, 1.54) is 0 Å². The average Bonchev–Trinajstić information content (AvgIpc) is 2.58. The number of benzene rings is 2. The number of carbonyl (C=O) groups is 1. The lowest BCUT2D eigenvalue weighted by molar-refractivity contribution is -0.129. The summed E-state index contributed by atoms with van der Waals surface area (Å²) in [5, 5.41) is 0.503. The minimum Gasteiger partial charge on any atom is -0.337 e. The van der Waals surface area contributed by atoms with Crippen molar-refractivity contribution < 1.29 is 13.2 Å². The first-order valence-electron chi connectivity index (χ1n) is 7.86. The fraction of sp³-hybridized carbons (Fsp3) is 0.278. The van der Waals surface area contributed by atoms with Gasteiger partial charge in [0, 0.05) is 18.1 Å². The second-order valence-corrected chi connectivity index (χ2v) is 7.98. The molecule has 0 fully saturated rings. The van der Waals surface area contributed by atoms with Crippen molar-refractivity contribution in [1.82, 2.24) is 4.90 Å². The van der Waals surface area contributed by atoms with E-state index in [-0.39, 0.29) is 12.5 Å². The molecule has 134 valence electrons. The van der Waals surface area contributed by atoms with Gasteiger partial charge in [-0.15, -0.1) is 0 Å². The van der Waals surface area contributed by atoms with Gasteiger partial charge in [-0.3, -0.25) is 9.10 Å². The molecule has 0 aliphatic heterocycles. The van der Waals surface area contributed by atoms with Gasteiger partial charge < -0.3 is 4.90 Å². The lowest BCUT2D eigenvalue weighted by Gasteiger charge is -2.27. The molecule has 1 amide bonds. The number of halogens is 1. The van der Waals surface area contributed by atoms with Crippen molar-refractivity contribution in [3.8, 4) is 0 Å². The highest BCUT2D eigenvalue weighted by molar-refractivity contribution is 7.92. The van der Waals surface area contributed by atoms with E-state index in [0.29, 0.717) is 23.8 Å². The summed E-state index contributed by atoms with van der Waals surface area (Å²) in [6.45, 7) is 2.55. The number of anilines is 1. The van der Waals surface area contributed by atoms with E-state index in [2.05, 4.69) is 0 Å². The van der Waals surface area contributed by atoms with Crippen molar-refractivity contribution in [1.29, 1.82) is 0 Å². The van der Waals surface area contributed by atoms with Gasteiger partial charge in [0.25, 0.3) is 0 Å². The van der Waals surface area contributed by atoms with E-state index >= 15 is 0 Å². The van der Waals surface area contributed by atoms with Crippen LogP contribution in [0.4, 0.5) is 5.69 Å². The Hall–Kier alpha value is -2.05. The Kier molecular flexibility index (Phi) is 6.45. The molecule has 0 radical (unpaired) electrons. The van der Waals surface area contributed by atoms with Crippen molar-refractivity contribution >= 4 is 33.2 Å². The molecule has 0 aromatic heterocycles. The normalized spacial score (nSPS) is 11.2. The summed E-state index contributed by atoms with van der Waals surface area (Å²) < 4.78 is 25.4. The highest BCUT2D eigenvalue weighted by atomic mass is 35.5. The Balaban J connectivity index is 2.19. The third-order valence-corrected chi connectivity index (χ3v) is 5.14. The predicted molar refractivity (Wildman–Crippen MR) is 101 cm³/mol. The Morgan fingerprint density at radius 3 is 2.16 bits per heavy atom. The van der Waals surface area contributed by atoms with Crippen LogP contribution < -0.4 is 4.31 Å². The topological polar surface area (TPSA) is 57.7 Å². The molecular formula is C18H21ClN2O3S. The van der Waals surface area contributed by atoms with Crippen LogP contribution in [0.5, 0.6) is 0 Å². The molecular weight excluding hydrogens is 360 g/mol. The lowest BCUT2D eigenvalue weighted by Crippen LogP contribution is -2.42. The van der Waals surface area contributed by atoms with Crippen molar-refractivity contribution in [2.75, 3.05) is 23.7 Å². The number of sulfonamides is 1. The molecule has 2 aromatic rings. The van der Waals surface area contributed by atoms with Crippen LogP contribution in [0.25, 0.3) is 0 Å². The van der Waals surface area contributed by atoms with Gasteiger partial charge in [0.15, 0.2) is 0 Å². The molecule has 5 nitrogen and oxygen atoms in total. The zero-order valence-corrected chi connectivity index (χ0v) is 15.8. The summed E-state index contributed by atoms with van der Waals surface area (Å²) in [5.41, 5.74) is 1.41. The fourth-order valence-corrected chi connectivity index (χ4v) is 3.39. The van der Waals surface area contributed by atoms with Gasteiger partial charge in [-0.25, -0.2) is 8.42 Å². The van der Waals surface area contributed by atoms with E-state index in [1.807, 2.05) is 37.3 Å². The summed E-state index contributed by atoms with van der Waals surface area (Å²) in [7, 11) is -3.60. The Labute approximate surface area is 153 Å². The highest BCUT2D eigenvalue weighted by Gasteiger charge is 2.23. The van der Waals surface area contributed by atoms with E-state index in [1.54, 1.807) is 29.2 Å². The van der Waals surface area contributed by atoms with Crippen molar-refractivity contribution in [3.63, 3.8) is 0 Å². The Morgan fingerprint density at radius 2 is 1.64 bits per heavy atom. The van der Waals surface area contributed by atoms with Gasteiger partial charge in [-0.05, 0) is 36.8 Å². The molecule has 0 aliphatic carbocycles. The number of nitrogens with zero attached hydrogens (tertiary/aromatic N) is 2. The number of carbonyl (C=O) groups excluding carboxylic acids is 1. The molecule has 0 unspecified atom stereocenters. The first-order chi connectivity index (χ1) is 11.8. The largest absolute Gasteiger partial charge is 0.337 e. The monoisotopic (exact) mass is 380 g/mol. The number of hydrogen-bond donors (Lipinski definition) is 0. The van der Waals surface area contributed by atoms with Crippen LogP contribution in [0.3, 0.4) is 0 Å². The second kappa shape index (κ2) is 8.36. The van der Waals surface area contributed by atoms with E-state index in [9.17, 15) is 13.2 Å². The number of likely N-dealkylation sites (N-methyl/N-ethyl adjacent to an activating group) is 1. The molecule has 0 aliphatic rings. The molecule has 0 bridgehead atoms. The zero-order valence-electron chi connectivity index (χ0n) is 14.2. The molecule has 0 heterocycles. The number of amides is 1. The van der Waals surface area contributed by atoms with Gasteiger partial charge in [0.2, 0.25) is 15.9 Å². The molecule has 0 saturated carbocycles. The van der Waals surface area contributed by atoms with Crippen LogP contribution in [0.2, 0.25) is 5.02 Å². The van der Waals surface area contributed by atoms with Crippen LogP contribution in [-0.2, 0) is 21.4 Å². The van der Waals surface area contributed by atoms with Gasteiger partial charge in [0.05, 0.1) is 11.9 Å². The average molecular weight is 381 g/mol. The minimum absolute atomic E-state index is 0.249. The SMILES string of the molecule is CCN(Cc1ccccc1)C(=O)CN(c1ccc(Cl)cc1)S(C)(=O)=O.